The van der Waals surface area contributed by atoms with Crippen molar-refractivity contribution in [2.75, 3.05) is 38.8 Å². The molecule has 1 aromatic rings. The van der Waals surface area contributed by atoms with Crippen LogP contribution in [0.1, 0.15) is 19.8 Å². The van der Waals surface area contributed by atoms with Crippen molar-refractivity contribution >= 4 is 17.5 Å². The van der Waals surface area contributed by atoms with E-state index in [0.717, 1.165) is 0 Å². The monoisotopic (exact) mass is 334 g/mol. The van der Waals surface area contributed by atoms with Gasteiger partial charge >= 0.3 is 0 Å². The lowest BCUT2D eigenvalue weighted by atomic mass is 9.97. The molecule has 0 bridgehead atoms. The molecule has 24 heavy (non-hydrogen) atoms. The molecule has 1 atom stereocenters. The predicted molar refractivity (Wildman–Crippen MR) is 87.3 cm³/mol. The highest BCUT2D eigenvalue weighted by Gasteiger charge is 2.47. The van der Waals surface area contributed by atoms with Gasteiger partial charge in [0.2, 0.25) is 11.8 Å². The molecule has 1 N–H and O–H groups in total. The predicted octanol–water partition coefficient (Wildman–Crippen LogP) is 1.42. The highest BCUT2D eigenvalue weighted by molar-refractivity contribution is 6.02. The number of benzene rings is 1. The Kier molecular flexibility index (Phi) is 4.62. The average molecular weight is 334 g/mol. The molecular weight excluding hydrogens is 312 g/mol. The molecule has 1 fully saturated rings. The number of anilines is 1. The Balaban J connectivity index is 1.74. The van der Waals surface area contributed by atoms with Crippen molar-refractivity contribution in [1.82, 2.24) is 4.90 Å². The molecule has 130 valence electrons. The SMILES string of the molecule is COCCN1C(=O)CCC1(C)C(=O)Nc1ccc2c(c1)OCCO2. The van der Waals surface area contributed by atoms with E-state index in [-0.39, 0.29) is 11.8 Å². The molecule has 7 heteroatoms. The first-order valence-electron chi connectivity index (χ1n) is 8.05. The summed E-state index contributed by atoms with van der Waals surface area (Å²) in [7, 11) is 1.58. The lowest BCUT2D eigenvalue weighted by molar-refractivity contribution is -0.138. The van der Waals surface area contributed by atoms with E-state index in [0.29, 0.717) is 56.4 Å². The molecule has 2 heterocycles. The number of carbonyl (C=O) groups excluding carboxylic acids is 2. The second kappa shape index (κ2) is 6.68. The van der Waals surface area contributed by atoms with Gasteiger partial charge in [0.1, 0.15) is 18.8 Å². The van der Waals surface area contributed by atoms with Gasteiger partial charge in [-0.2, -0.15) is 0 Å². The minimum Gasteiger partial charge on any atom is -0.486 e. The van der Waals surface area contributed by atoms with Crippen LogP contribution in [0.5, 0.6) is 11.5 Å². The lowest BCUT2D eigenvalue weighted by Crippen LogP contribution is -2.53. The number of amides is 2. The number of nitrogens with one attached hydrogen (secondary N) is 1. The third-order valence-electron chi connectivity index (χ3n) is 4.53. The van der Waals surface area contributed by atoms with Gasteiger partial charge in [-0.15, -0.1) is 0 Å². The first-order chi connectivity index (χ1) is 11.5. The molecule has 0 spiro atoms. The van der Waals surface area contributed by atoms with Gasteiger partial charge in [-0.25, -0.2) is 0 Å². The number of hydrogen-bond donors (Lipinski definition) is 1. The van der Waals surface area contributed by atoms with E-state index in [1.807, 2.05) is 0 Å². The van der Waals surface area contributed by atoms with Gasteiger partial charge < -0.3 is 24.4 Å². The van der Waals surface area contributed by atoms with Crippen LogP contribution in [-0.2, 0) is 14.3 Å². The van der Waals surface area contributed by atoms with Crippen molar-refractivity contribution in [3.05, 3.63) is 18.2 Å². The fourth-order valence-electron chi connectivity index (χ4n) is 3.07. The molecule has 1 saturated heterocycles. The van der Waals surface area contributed by atoms with Crippen molar-refractivity contribution in [3.8, 4) is 11.5 Å². The topological polar surface area (TPSA) is 77.1 Å². The van der Waals surface area contributed by atoms with E-state index in [1.54, 1.807) is 37.1 Å². The van der Waals surface area contributed by atoms with Gasteiger partial charge in [-0.05, 0) is 25.5 Å². The molecule has 2 amide bonds. The number of fused-ring (bicyclic) bond motifs is 1. The highest BCUT2D eigenvalue weighted by Crippen LogP contribution is 2.34. The summed E-state index contributed by atoms with van der Waals surface area (Å²) < 4.78 is 16.1. The highest BCUT2D eigenvalue weighted by atomic mass is 16.6. The standard InChI is InChI=1S/C17H22N2O5/c1-17(6-5-15(20)19(17)7-8-22-2)16(21)18-12-3-4-13-14(11-12)24-10-9-23-13/h3-4,11H,5-10H2,1-2H3,(H,18,21). The van der Waals surface area contributed by atoms with Gasteiger partial charge in [0, 0.05) is 31.8 Å². The van der Waals surface area contributed by atoms with E-state index >= 15 is 0 Å². The summed E-state index contributed by atoms with van der Waals surface area (Å²) in [6, 6.07) is 5.28. The number of rotatable bonds is 5. The van der Waals surface area contributed by atoms with Crippen molar-refractivity contribution < 1.29 is 23.8 Å². The zero-order chi connectivity index (χ0) is 17.2. The van der Waals surface area contributed by atoms with Crippen LogP contribution in [0.15, 0.2) is 18.2 Å². The molecule has 0 aromatic heterocycles. The normalized spacial score (nSPS) is 22.6. The number of methoxy groups -OCH3 is 1. The summed E-state index contributed by atoms with van der Waals surface area (Å²) in [6.07, 6.45) is 0.862. The molecule has 2 aliphatic heterocycles. The van der Waals surface area contributed by atoms with E-state index in [4.69, 9.17) is 14.2 Å². The number of nitrogens with zero attached hydrogens (tertiary/aromatic N) is 1. The maximum absolute atomic E-state index is 12.8. The average Bonchev–Trinajstić information content (AvgIpc) is 2.89. The zero-order valence-corrected chi connectivity index (χ0v) is 14.0. The molecular formula is C17H22N2O5. The van der Waals surface area contributed by atoms with Crippen molar-refractivity contribution in [3.63, 3.8) is 0 Å². The van der Waals surface area contributed by atoms with E-state index in [2.05, 4.69) is 5.32 Å². The molecule has 7 nitrogen and oxygen atoms in total. The Labute approximate surface area is 140 Å². The summed E-state index contributed by atoms with van der Waals surface area (Å²) >= 11 is 0. The third-order valence-corrected chi connectivity index (χ3v) is 4.53. The lowest BCUT2D eigenvalue weighted by Gasteiger charge is -2.33. The summed E-state index contributed by atoms with van der Waals surface area (Å²) in [5.41, 5.74) is -0.250. The second-order valence-corrected chi connectivity index (χ2v) is 6.12. The molecule has 1 unspecified atom stereocenters. The van der Waals surface area contributed by atoms with Crippen LogP contribution in [0, 0.1) is 0 Å². The van der Waals surface area contributed by atoms with Gasteiger partial charge in [0.25, 0.3) is 0 Å². The number of likely N-dealkylation sites (tertiary alicyclic amines) is 1. The molecule has 1 aromatic carbocycles. The molecule has 0 radical (unpaired) electrons. The fourth-order valence-corrected chi connectivity index (χ4v) is 3.07. The maximum Gasteiger partial charge on any atom is 0.250 e. The Morgan fingerprint density at radius 1 is 1.33 bits per heavy atom. The molecule has 3 rings (SSSR count). The summed E-state index contributed by atoms with van der Waals surface area (Å²) in [5, 5.41) is 2.89. The quantitative estimate of drug-likeness (QED) is 0.881. The third kappa shape index (κ3) is 3.03. The summed E-state index contributed by atoms with van der Waals surface area (Å²) in [5.74, 6) is 1.05. The first kappa shape index (κ1) is 16.6. The first-order valence-corrected chi connectivity index (χ1v) is 8.05. The van der Waals surface area contributed by atoms with Crippen LogP contribution in [-0.4, -0.2) is 55.7 Å². The van der Waals surface area contributed by atoms with Crippen LogP contribution < -0.4 is 14.8 Å². The maximum atomic E-state index is 12.8. The van der Waals surface area contributed by atoms with Gasteiger partial charge in [0.15, 0.2) is 11.5 Å². The summed E-state index contributed by atoms with van der Waals surface area (Å²) in [4.78, 5) is 26.5. The van der Waals surface area contributed by atoms with Crippen LogP contribution >= 0.6 is 0 Å². The number of hydrogen-bond acceptors (Lipinski definition) is 5. The van der Waals surface area contributed by atoms with E-state index in [9.17, 15) is 9.59 Å². The molecule has 2 aliphatic rings. The Hall–Kier alpha value is -2.28. The fraction of sp³-hybridized carbons (Fsp3) is 0.529. The summed E-state index contributed by atoms with van der Waals surface area (Å²) in [6.45, 7) is 3.61. The van der Waals surface area contributed by atoms with Gasteiger partial charge in [-0.1, -0.05) is 0 Å². The minimum atomic E-state index is -0.872. The van der Waals surface area contributed by atoms with Crippen molar-refractivity contribution in [1.29, 1.82) is 0 Å². The van der Waals surface area contributed by atoms with Gasteiger partial charge in [0.05, 0.1) is 6.61 Å². The van der Waals surface area contributed by atoms with Crippen molar-refractivity contribution in [2.45, 2.75) is 25.3 Å². The van der Waals surface area contributed by atoms with E-state index < -0.39 is 5.54 Å². The number of ether oxygens (including phenoxy) is 3. The Morgan fingerprint density at radius 2 is 2.08 bits per heavy atom. The van der Waals surface area contributed by atoms with Gasteiger partial charge in [-0.3, -0.25) is 9.59 Å². The zero-order valence-electron chi connectivity index (χ0n) is 14.0. The largest absolute Gasteiger partial charge is 0.486 e. The smallest absolute Gasteiger partial charge is 0.250 e. The molecule has 0 saturated carbocycles. The second-order valence-electron chi connectivity index (χ2n) is 6.12. The minimum absolute atomic E-state index is 0.0214. The number of carbonyl (C=O) groups is 2. The van der Waals surface area contributed by atoms with Crippen LogP contribution in [0.4, 0.5) is 5.69 Å². The van der Waals surface area contributed by atoms with Crippen LogP contribution in [0.3, 0.4) is 0 Å². The Morgan fingerprint density at radius 3 is 2.83 bits per heavy atom. The van der Waals surface area contributed by atoms with E-state index in [1.165, 1.54) is 0 Å². The van der Waals surface area contributed by atoms with Crippen LogP contribution in [0.25, 0.3) is 0 Å². The molecule has 0 aliphatic carbocycles. The Bertz CT molecular complexity index is 648. The van der Waals surface area contributed by atoms with Crippen molar-refractivity contribution in [2.24, 2.45) is 0 Å². The van der Waals surface area contributed by atoms with Crippen LogP contribution in [0.2, 0.25) is 0 Å².